The smallest absolute Gasteiger partial charge is 0.258 e. The largest absolute Gasteiger partial charge is 0.321 e. The molecule has 122 valence electrons. The van der Waals surface area contributed by atoms with E-state index in [1.54, 1.807) is 12.1 Å². The number of halogens is 3. The van der Waals surface area contributed by atoms with E-state index in [-0.39, 0.29) is 11.3 Å². The third-order valence-electron chi connectivity index (χ3n) is 3.37. The van der Waals surface area contributed by atoms with E-state index in [1.165, 1.54) is 23.1 Å². The second kappa shape index (κ2) is 6.41. The van der Waals surface area contributed by atoms with Crippen molar-refractivity contribution in [1.29, 1.82) is 0 Å². The number of nitrogens with one attached hydrogen (secondary N) is 1. The van der Waals surface area contributed by atoms with Gasteiger partial charge in [0, 0.05) is 12.3 Å². The van der Waals surface area contributed by atoms with Gasteiger partial charge < -0.3 is 5.32 Å². The van der Waals surface area contributed by atoms with Crippen LogP contribution in [0, 0.1) is 18.6 Å². The Morgan fingerprint density at radius 3 is 2.71 bits per heavy atom. The maximum atomic E-state index is 13.8. The summed E-state index contributed by atoms with van der Waals surface area (Å²) in [6.45, 7) is 1.89. The van der Waals surface area contributed by atoms with Gasteiger partial charge in [0.15, 0.2) is 5.82 Å². The minimum atomic E-state index is -0.772. The van der Waals surface area contributed by atoms with Crippen LogP contribution >= 0.6 is 11.6 Å². The number of amides is 1. The molecule has 0 saturated heterocycles. The van der Waals surface area contributed by atoms with Gasteiger partial charge >= 0.3 is 0 Å². The molecule has 1 aromatic heterocycles. The molecule has 0 radical (unpaired) electrons. The molecular weight excluding hydrogens is 336 g/mol. The summed E-state index contributed by atoms with van der Waals surface area (Å²) in [6.07, 6.45) is 2.65. The zero-order valence-electron chi connectivity index (χ0n) is 12.6. The second-order valence-corrected chi connectivity index (χ2v) is 5.61. The Morgan fingerprint density at radius 2 is 2.00 bits per heavy atom. The zero-order valence-corrected chi connectivity index (χ0v) is 13.3. The summed E-state index contributed by atoms with van der Waals surface area (Å²) >= 11 is 6.08. The topological polar surface area (TPSA) is 46.9 Å². The average Bonchev–Trinajstić information content (AvgIpc) is 3.00. The van der Waals surface area contributed by atoms with Gasteiger partial charge in [0.05, 0.1) is 22.5 Å². The highest BCUT2D eigenvalue weighted by molar-refractivity contribution is 6.34. The summed E-state index contributed by atoms with van der Waals surface area (Å²) < 4.78 is 27.9. The predicted molar refractivity (Wildman–Crippen MR) is 87.6 cm³/mol. The normalized spacial score (nSPS) is 10.7. The molecule has 2 aromatic carbocycles. The first-order chi connectivity index (χ1) is 11.4. The maximum Gasteiger partial charge on any atom is 0.258 e. The first-order valence-corrected chi connectivity index (χ1v) is 7.39. The molecule has 0 aliphatic carbocycles. The van der Waals surface area contributed by atoms with E-state index < -0.39 is 17.5 Å². The maximum absolute atomic E-state index is 13.8. The molecule has 1 heterocycles. The Labute approximate surface area is 141 Å². The molecule has 4 nitrogen and oxygen atoms in total. The molecule has 0 fully saturated rings. The first kappa shape index (κ1) is 16.1. The van der Waals surface area contributed by atoms with Crippen LogP contribution in [-0.2, 0) is 0 Å². The minimum Gasteiger partial charge on any atom is -0.321 e. The summed E-state index contributed by atoms with van der Waals surface area (Å²) in [5, 5.41) is 7.02. The second-order valence-electron chi connectivity index (χ2n) is 5.21. The van der Waals surface area contributed by atoms with Crippen LogP contribution in [0.5, 0.6) is 0 Å². The highest BCUT2D eigenvalue weighted by atomic mass is 35.5. The minimum absolute atomic E-state index is 0.0452. The van der Waals surface area contributed by atoms with Crippen LogP contribution in [0.15, 0.2) is 48.8 Å². The van der Waals surface area contributed by atoms with Gasteiger partial charge in [-0.3, -0.25) is 4.79 Å². The number of carbonyl (C=O) groups excluding carboxylic acids is 1. The molecule has 0 atom stereocenters. The van der Waals surface area contributed by atoms with E-state index in [0.717, 1.165) is 17.7 Å². The average molecular weight is 348 g/mol. The summed E-state index contributed by atoms with van der Waals surface area (Å²) in [7, 11) is 0. The van der Waals surface area contributed by atoms with Crippen LogP contribution in [0.25, 0.3) is 5.69 Å². The summed E-state index contributed by atoms with van der Waals surface area (Å²) in [6, 6.07) is 8.36. The predicted octanol–water partition coefficient (Wildman–Crippen LogP) is 4.36. The lowest BCUT2D eigenvalue weighted by atomic mass is 10.2. The molecule has 0 aliphatic rings. The van der Waals surface area contributed by atoms with Crippen LogP contribution in [-0.4, -0.2) is 15.7 Å². The Hall–Kier alpha value is -2.73. The molecule has 0 saturated carbocycles. The summed E-state index contributed by atoms with van der Waals surface area (Å²) in [4.78, 5) is 12.3. The quantitative estimate of drug-likeness (QED) is 0.765. The Morgan fingerprint density at radius 1 is 1.21 bits per heavy atom. The number of rotatable bonds is 3. The molecule has 0 spiro atoms. The Bertz CT molecular complexity index is 924. The van der Waals surface area contributed by atoms with Gasteiger partial charge in [0.2, 0.25) is 0 Å². The van der Waals surface area contributed by atoms with Crippen molar-refractivity contribution >= 4 is 23.2 Å². The SMILES string of the molecule is Cc1ccc(NC(=O)c2cnn(-c3ccc(F)cc3F)c2)c(Cl)c1. The molecule has 24 heavy (non-hydrogen) atoms. The fourth-order valence-electron chi connectivity index (χ4n) is 2.15. The zero-order chi connectivity index (χ0) is 17.3. The van der Waals surface area contributed by atoms with Crippen LogP contribution in [0.3, 0.4) is 0 Å². The van der Waals surface area contributed by atoms with Crippen molar-refractivity contribution in [2.75, 3.05) is 5.32 Å². The van der Waals surface area contributed by atoms with Crippen molar-refractivity contribution in [3.63, 3.8) is 0 Å². The van der Waals surface area contributed by atoms with Gasteiger partial charge in [0.1, 0.15) is 11.5 Å². The number of aryl methyl sites for hydroxylation is 1. The number of anilines is 1. The lowest BCUT2D eigenvalue weighted by molar-refractivity contribution is 0.102. The monoisotopic (exact) mass is 347 g/mol. The lowest BCUT2D eigenvalue weighted by Crippen LogP contribution is -2.11. The lowest BCUT2D eigenvalue weighted by Gasteiger charge is -2.06. The van der Waals surface area contributed by atoms with E-state index in [2.05, 4.69) is 10.4 Å². The highest BCUT2D eigenvalue weighted by Gasteiger charge is 2.13. The molecule has 3 rings (SSSR count). The molecule has 1 amide bonds. The van der Waals surface area contributed by atoms with Gasteiger partial charge in [-0.15, -0.1) is 0 Å². The fraction of sp³-hybridized carbons (Fsp3) is 0.0588. The van der Waals surface area contributed by atoms with E-state index in [4.69, 9.17) is 11.6 Å². The molecule has 3 aromatic rings. The van der Waals surface area contributed by atoms with Gasteiger partial charge in [-0.1, -0.05) is 17.7 Å². The van der Waals surface area contributed by atoms with Crippen molar-refractivity contribution in [2.45, 2.75) is 6.92 Å². The van der Waals surface area contributed by atoms with Crippen LogP contribution in [0.2, 0.25) is 5.02 Å². The number of benzene rings is 2. The van der Waals surface area contributed by atoms with Crippen molar-refractivity contribution in [3.8, 4) is 5.69 Å². The standard InChI is InChI=1S/C17H12ClF2N3O/c1-10-2-4-15(13(18)6-10)22-17(24)11-8-21-23(9-11)16-5-3-12(19)7-14(16)20/h2-9H,1H3,(H,22,24). The summed E-state index contributed by atoms with van der Waals surface area (Å²) in [5.74, 6) is -1.89. The van der Waals surface area contributed by atoms with E-state index in [9.17, 15) is 13.6 Å². The van der Waals surface area contributed by atoms with Crippen LogP contribution in [0.1, 0.15) is 15.9 Å². The van der Waals surface area contributed by atoms with E-state index >= 15 is 0 Å². The molecule has 0 bridgehead atoms. The highest BCUT2D eigenvalue weighted by Crippen LogP contribution is 2.23. The number of hydrogen-bond donors (Lipinski definition) is 1. The van der Waals surface area contributed by atoms with E-state index in [0.29, 0.717) is 10.7 Å². The Balaban J connectivity index is 1.83. The van der Waals surface area contributed by atoms with Gasteiger partial charge in [0.25, 0.3) is 5.91 Å². The van der Waals surface area contributed by atoms with Crippen molar-refractivity contribution in [1.82, 2.24) is 9.78 Å². The van der Waals surface area contributed by atoms with Crippen molar-refractivity contribution in [3.05, 3.63) is 76.6 Å². The van der Waals surface area contributed by atoms with Crippen LogP contribution < -0.4 is 5.32 Å². The Kier molecular flexibility index (Phi) is 4.31. The molecule has 0 aliphatic heterocycles. The van der Waals surface area contributed by atoms with Gasteiger partial charge in [-0.05, 0) is 36.8 Å². The van der Waals surface area contributed by atoms with Crippen molar-refractivity contribution in [2.24, 2.45) is 0 Å². The third-order valence-corrected chi connectivity index (χ3v) is 3.69. The number of hydrogen-bond acceptors (Lipinski definition) is 2. The van der Waals surface area contributed by atoms with E-state index in [1.807, 2.05) is 13.0 Å². The fourth-order valence-corrected chi connectivity index (χ4v) is 2.44. The van der Waals surface area contributed by atoms with Gasteiger partial charge in [-0.25, -0.2) is 13.5 Å². The van der Waals surface area contributed by atoms with Crippen LogP contribution in [0.4, 0.5) is 14.5 Å². The van der Waals surface area contributed by atoms with Crippen molar-refractivity contribution < 1.29 is 13.6 Å². The number of nitrogens with zero attached hydrogens (tertiary/aromatic N) is 2. The summed E-state index contributed by atoms with van der Waals surface area (Å²) in [5.41, 5.74) is 1.70. The number of aromatic nitrogens is 2. The molecule has 0 unspecified atom stereocenters. The number of carbonyl (C=O) groups is 1. The molecule has 7 heteroatoms. The molecular formula is C17H12ClF2N3O. The van der Waals surface area contributed by atoms with Gasteiger partial charge in [-0.2, -0.15) is 5.10 Å². The first-order valence-electron chi connectivity index (χ1n) is 7.01. The molecule has 1 N–H and O–H groups in total. The third kappa shape index (κ3) is 3.28.